The number of aryl methyl sites for hydroxylation is 5. The Labute approximate surface area is 337 Å². The molecule has 0 radical (unpaired) electrons. The van der Waals surface area contributed by atoms with Gasteiger partial charge in [0.05, 0.1) is 6.54 Å². The lowest BCUT2D eigenvalue weighted by Gasteiger charge is -2.18. The first kappa shape index (κ1) is 50.6. The van der Waals surface area contributed by atoms with E-state index in [1.54, 1.807) is 0 Å². The largest absolute Gasteiger partial charge is 0.361 e. The van der Waals surface area contributed by atoms with Crippen LogP contribution in [0.5, 0.6) is 0 Å². The Bertz CT molecular complexity index is 1840. The molecule has 1 aromatic heterocycles. The number of aromatic nitrogens is 1. The van der Waals surface area contributed by atoms with E-state index < -0.39 is 0 Å². The van der Waals surface area contributed by atoms with Gasteiger partial charge in [0.15, 0.2) is 0 Å². The Balaban J connectivity index is 0.000000830. The van der Waals surface area contributed by atoms with Gasteiger partial charge in [-0.15, -0.1) is 6.58 Å². The molecule has 300 valence electrons. The average Bonchev–Trinajstić information content (AvgIpc) is 3.54. The summed E-state index contributed by atoms with van der Waals surface area (Å²) in [6.07, 6.45) is 11.9. The van der Waals surface area contributed by atoms with Crippen molar-refractivity contribution in [3.8, 4) is 11.8 Å². The van der Waals surface area contributed by atoms with Crippen LogP contribution in [0.3, 0.4) is 0 Å². The van der Waals surface area contributed by atoms with Gasteiger partial charge in [-0.1, -0.05) is 105 Å². The van der Waals surface area contributed by atoms with E-state index in [-0.39, 0.29) is 5.78 Å². The fourth-order valence-electron chi connectivity index (χ4n) is 5.52. The molecule has 1 atom stereocenters. The average molecular weight is 746 g/mol. The SMILES string of the molecule is C/C=C(/C)c1cc(C#CCN(CC)Cc2ccccc2C)c(C)cc1C.C=CC(CN)CC/C=C(\C)CC.CC.CC(C)=O.Cc1ccc2[nH]cc(C)c2c1. The van der Waals surface area contributed by atoms with Crippen LogP contribution in [0.4, 0.5) is 0 Å². The number of ketones is 1. The molecule has 0 aliphatic carbocycles. The number of nitrogens with one attached hydrogen (secondary N) is 1. The van der Waals surface area contributed by atoms with Crippen molar-refractivity contribution in [2.45, 2.75) is 123 Å². The number of carbonyl (C=O) groups is 1. The minimum absolute atomic E-state index is 0.167. The molecule has 0 saturated heterocycles. The van der Waals surface area contributed by atoms with Gasteiger partial charge in [0, 0.05) is 29.2 Å². The van der Waals surface area contributed by atoms with E-state index in [1.165, 1.54) is 74.8 Å². The highest BCUT2D eigenvalue weighted by Crippen LogP contribution is 2.22. The van der Waals surface area contributed by atoms with Crippen molar-refractivity contribution >= 4 is 22.3 Å². The highest BCUT2D eigenvalue weighted by Gasteiger charge is 2.06. The quantitative estimate of drug-likeness (QED) is 0.119. The summed E-state index contributed by atoms with van der Waals surface area (Å²) in [6.45, 7) is 35.8. The van der Waals surface area contributed by atoms with Crippen LogP contribution in [-0.4, -0.2) is 35.3 Å². The van der Waals surface area contributed by atoms with Gasteiger partial charge in [0.25, 0.3) is 0 Å². The molecule has 0 aliphatic rings. The fraction of sp³-hybridized carbons (Fsp3) is 0.431. The maximum absolute atomic E-state index is 9.44. The van der Waals surface area contributed by atoms with Gasteiger partial charge >= 0.3 is 0 Å². The number of nitrogens with two attached hydrogens (primary N) is 1. The Morgan fingerprint density at radius 1 is 0.909 bits per heavy atom. The highest BCUT2D eigenvalue weighted by molar-refractivity contribution is 5.83. The van der Waals surface area contributed by atoms with Gasteiger partial charge in [-0.05, 0) is 165 Å². The second-order valence-electron chi connectivity index (χ2n) is 14.1. The van der Waals surface area contributed by atoms with E-state index >= 15 is 0 Å². The minimum Gasteiger partial charge on any atom is -0.361 e. The van der Waals surface area contributed by atoms with E-state index in [4.69, 9.17) is 5.73 Å². The van der Waals surface area contributed by atoms with Crippen LogP contribution in [0.25, 0.3) is 16.5 Å². The molecule has 4 nitrogen and oxygen atoms in total. The monoisotopic (exact) mass is 746 g/mol. The molecule has 0 saturated carbocycles. The van der Waals surface area contributed by atoms with Gasteiger partial charge < -0.3 is 15.5 Å². The number of benzene rings is 3. The molecule has 0 spiro atoms. The predicted octanol–water partition coefficient (Wildman–Crippen LogP) is 13.2. The van der Waals surface area contributed by atoms with Gasteiger partial charge in [-0.25, -0.2) is 0 Å². The number of allylic oxidation sites excluding steroid dienone is 4. The van der Waals surface area contributed by atoms with Crippen molar-refractivity contribution in [2.24, 2.45) is 11.7 Å². The summed E-state index contributed by atoms with van der Waals surface area (Å²) >= 11 is 0. The number of fused-ring (bicyclic) bond motifs is 1. The van der Waals surface area contributed by atoms with Crippen LogP contribution in [0.2, 0.25) is 0 Å². The Kier molecular flexibility index (Phi) is 26.6. The number of hydrogen-bond donors (Lipinski definition) is 2. The van der Waals surface area contributed by atoms with Gasteiger partial charge in [0.2, 0.25) is 0 Å². The van der Waals surface area contributed by atoms with Crippen molar-refractivity contribution in [1.29, 1.82) is 0 Å². The first-order chi connectivity index (χ1) is 26.2. The summed E-state index contributed by atoms with van der Waals surface area (Å²) in [4.78, 5) is 15.0. The van der Waals surface area contributed by atoms with E-state index in [0.29, 0.717) is 5.92 Å². The van der Waals surface area contributed by atoms with Crippen molar-refractivity contribution < 1.29 is 4.79 Å². The van der Waals surface area contributed by atoms with Gasteiger partial charge in [-0.2, -0.15) is 0 Å². The summed E-state index contributed by atoms with van der Waals surface area (Å²) in [5, 5.41) is 1.34. The maximum Gasteiger partial charge on any atom is 0.126 e. The van der Waals surface area contributed by atoms with E-state index in [0.717, 1.165) is 51.0 Å². The smallest absolute Gasteiger partial charge is 0.126 e. The molecule has 1 unspecified atom stereocenters. The van der Waals surface area contributed by atoms with Crippen molar-refractivity contribution in [1.82, 2.24) is 9.88 Å². The molecule has 4 heteroatoms. The zero-order chi connectivity index (χ0) is 41.9. The Morgan fingerprint density at radius 2 is 1.56 bits per heavy atom. The fourth-order valence-corrected chi connectivity index (χ4v) is 5.52. The lowest BCUT2D eigenvalue weighted by molar-refractivity contribution is -0.115. The molecule has 4 rings (SSSR count). The van der Waals surface area contributed by atoms with Crippen LogP contribution in [-0.2, 0) is 11.3 Å². The number of nitrogens with zero attached hydrogens (tertiary/aromatic N) is 1. The van der Waals surface area contributed by atoms with E-state index in [9.17, 15) is 4.79 Å². The van der Waals surface area contributed by atoms with E-state index in [2.05, 4.69) is 164 Å². The van der Waals surface area contributed by atoms with Crippen molar-refractivity contribution in [3.63, 3.8) is 0 Å². The second kappa shape index (κ2) is 28.9. The number of aromatic amines is 1. The summed E-state index contributed by atoms with van der Waals surface area (Å²) in [6, 6.07) is 19.5. The maximum atomic E-state index is 9.44. The standard InChI is InChI=1S/C25H31N.C11H21N.C10H11N.C3H6O.C2H6/c1-7-19(3)25-17-23(21(5)16-22(25)6)14-11-15-26(8-2)18-24-13-10-9-12-20(24)4;1-4-10(3)7-6-8-11(5-2)9-12;1-7-3-4-10-9(5-7)8(2)6-11-10;1-3(2)4;1-2/h7,9-10,12-13,16-17H,8,15,18H2,1-6H3;5,7,11H,2,4,6,8-9,12H2,1,3H3;3-6,11H,1-2H3;1-2H3;1-2H3/b19-7-;10-7+;;;. The van der Waals surface area contributed by atoms with Crippen molar-refractivity contribution in [3.05, 3.63) is 136 Å². The van der Waals surface area contributed by atoms with Crippen LogP contribution in [0, 0.1) is 52.4 Å². The summed E-state index contributed by atoms with van der Waals surface area (Å²) < 4.78 is 0. The van der Waals surface area contributed by atoms with Gasteiger partial charge in [-0.3, -0.25) is 4.90 Å². The molecule has 0 bridgehead atoms. The first-order valence-electron chi connectivity index (χ1n) is 20.2. The molecule has 4 aromatic rings. The number of rotatable bonds is 11. The molecular formula is C51H75N3O. The Hall–Kier alpha value is -4.43. The molecule has 0 fully saturated rings. The second-order valence-corrected chi connectivity index (χ2v) is 14.1. The molecule has 55 heavy (non-hydrogen) atoms. The Morgan fingerprint density at radius 3 is 2.13 bits per heavy atom. The molecule has 0 aliphatic heterocycles. The normalized spacial score (nSPS) is 11.3. The molecule has 0 amide bonds. The third-order valence-corrected chi connectivity index (χ3v) is 9.33. The number of Topliss-reactive ketones (excluding diaryl/α,β-unsaturated/α-hetero) is 1. The molecule has 3 aromatic carbocycles. The van der Waals surface area contributed by atoms with Crippen LogP contribution in [0.1, 0.15) is 126 Å². The highest BCUT2D eigenvalue weighted by atomic mass is 16.1. The number of hydrogen-bond acceptors (Lipinski definition) is 3. The molecular weight excluding hydrogens is 671 g/mol. The lowest BCUT2D eigenvalue weighted by Crippen LogP contribution is -2.23. The molecule has 3 N–H and O–H groups in total. The molecule has 1 heterocycles. The van der Waals surface area contributed by atoms with Gasteiger partial charge in [0.1, 0.15) is 5.78 Å². The van der Waals surface area contributed by atoms with Crippen molar-refractivity contribution in [2.75, 3.05) is 19.6 Å². The van der Waals surface area contributed by atoms with Crippen LogP contribution >= 0.6 is 0 Å². The predicted molar refractivity (Wildman–Crippen MR) is 246 cm³/mol. The minimum atomic E-state index is 0.167. The van der Waals surface area contributed by atoms with Crippen LogP contribution in [0.15, 0.2) is 91.2 Å². The summed E-state index contributed by atoms with van der Waals surface area (Å²) in [5.74, 6) is 7.46. The number of carbonyl (C=O) groups excluding carboxylic acids is 1. The number of H-pyrrole nitrogens is 1. The zero-order valence-electron chi connectivity index (χ0n) is 37.2. The third kappa shape index (κ3) is 20.2. The topological polar surface area (TPSA) is 62.1 Å². The third-order valence-electron chi connectivity index (χ3n) is 9.33. The zero-order valence-corrected chi connectivity index (χ0v) is 37.2. The van der Waals surface area contributed by atoms with Crippen LogP contribution < -0.4 is 5.73 Å². The lowest BCUT2D eigenvalue weighted by atomic mass is 9.95. The summed E-state index contributed by atoms with van der Waals surface area (Å²) in [7, 11) is 0. The first-order valence-corrected chi connectivity index (χ1v) is 20.2. The summed E-state index contributed by atoms with van der Waals surface area (Å²) in [5.41, 5.74) is 19.9. The van der Waals surface area contributed by atoms with E-state index in [1.807, 2.05) is 26.1 Å².